The van der Waals surface area contributed by atoms with Crippen LogP contribution in [0.15, 0.2) is 36.4 Å². The van der Waals surface area contributed by atoms with E-state index in [1.807, 2.05) is 0 Å². The molecule has 1 saturated heterocycles. The van der Waals surface area contributed by atoms with E-state index in [1.165, 1.54) is 13.0 Å². The van der Waals surface area contributed by atoms with E-state index in [2.05, 4.69) is 10.6 Å². The molecule has 0 radical (unpaired) electrons. The highest BCUT2D eigenvalue weighted by molar-refractivity contribution is 6.14. The Hall–Kier alpha value is -4.03. The predicted molar refractivity (Wildman–Crippen MR) is 155 cm³/mol. The van der Waals surface area contributed by atoms with E-state index in [1.54, 1.807) is 30.3 Å². The number of anilines is 1. The van der Waals surface area contributed by atoms with Gasteiger partial charge < -0.3 is 56.5 Å². The number of carbonyl (C=O) groups excluding carboxylic acids is 3. The van der Waals surface area contributed by atoms with E-state index in [0.717, 1.165) is 0 Å². The zero-order valence-corrected chi connectivity index (χ0v) is 24.2. The molecular weight excluding hydrogens is 598 g/mol. The second-order valence-electron chi connectivity index (χ2n) is 10.7. The first-order valence-corrected chi connectivity index (χ1v) is 14.0. The van der Waals surface area contributed by atoms with E-state index in [-0.39, 0.29) is 24.1 Å². The number of aliphatic hydroxyl groups is 4. The average Bonchev–Trinajstić information content (AvgIpc) is 3.00. The van der Waals surface area contributed by atoms with Gasteiger partial charge in [0.2, 0.25) is 5.91 Å². The molecule has 3 rings (SSSR count). The molecule has 0 bridgehead atoms. The van der Waals surface area contributed by atoms with Crippen LogP contribution in [-0.4, -0.2) is 116 Å². The van der Waals surface area contributed by atoms with Gasteiger partial charge in [-0.05, 0) is 23.3 Å². The predicted octanol–water partition coefficient (Wildman–Crippen LogP) is -1.43. The number of nitrogens with one attached hydrogen (secondary N) is 2. The number of benzene rings is 2. The quantitative estimate of drug-likeness (QED) is 0.108. The molecule has 1 heterocycles. The van der Waals surface area contributed by atoms with Gasteiger partial charge in [-0.15, -0.1) is 0 Å². The number of fused-ring (bicyclic) bond motifs is 1. The van der Waals surface area contributed by atoms with Crippen LogP contribution in [0.5, 0.6) is 0 Å². The molecule has 0 aromatic heterocycles. The van der Waals surface area contributed by atoms with E-state index in [4.69, 9.17) is 20.3 Å². The third kappa shape index (κ3) is 9.01. The summed E-state index contributed by atoms with van der Waals surface area (Å²) < 4.78 is 10.5. The van der Waals surface area contributed by atoms with Crippen molar-refractivity contribution in [2.45, 2.75) is 69.0 Å². The number of Topliss-reactive ketones (excluding diaryl/α,β-unsaturated/α-hetero) is 1. The van der Waals surface area contributed by atoms with Crippen LogP contribution < -0.4 is 16.4 Å². The number of hydrogen-bond acceptors (Lipinski definition) is 12. The summed E-state index contributed by atoms with van der Waals surface area (Å²) in [7, 11) is 0. The lowest BCUT2D eigenvalue weighted by atomic mass is 9.98. The largest absolute Gasteiger partial charge is 0.481 e. The Kier molecular flexibility index (Phi) is 12.5. The number of amides is 2. The molecule has 16 nitrogen and oxygen atoms in total. The molecule has 16 heteroatoms. The maximum atomic E-state index is 13.3. The fraction of sp³-hybridized carbons (Fsp3) is 0.483. The van der Waals surface area contributed by atoms with Crippen LogP contribution >= 0.6 is 0 Å². The third-order valence-corrected chi connectivity index (χ3v) is 7.32. The van der Waals surface area contributed by atoms with Crippen LogP contribution in [-0.2, 0) is 28.7 Å². The Labute approximate surface area is 256 Å². The summed E-state index contributed by atoms with van der Waals surface area (Å²) >= 11 is 0. The Bertz CT molecular complexity index is 1400. The van der Waals surface area contributed by atoms with E-state index in [0.29, 0.717) is 10.8 Å². The van der Waals surface area contributed by atoms with Gasteiger partial charge >= 0.3 is 11.9 Å². The smallest absolute Gasteiger partial charge is 0.326 e. The summed E-state index contributed by atoms with van der Waals surface area (Å²) in [5.74, 6) is -5.79. The number of rotatable bonds is 15. The first kappa shape index (κ1) is 35.4. The minimum Gasteiger partial charge on any atom is -0.481 e. The number of nitrogens with two attached hydrogens (primary N) is 1. The van der Waals surface area contributed by atoms with Gasteiger partial charge in [-0.2, -0.15) is 0 Å². The van der Waals surface area contributed by atoms with Crippen LogP contribution in [0.3, 0.4) is 0 Å². The van der Waals surface area contributed by atoms with Crippen LogP contribution in [0.4, 0.5) is 5.69 Å². The SMILES string of the molecule is C[C@@H](CC(=O)[C@@H](N)CO[C@H]1OC(CO)[C@H](O)[C@H](O)C1O)C(=O)Nc1ccc2ccccc2c1C(=O)NC(CCC(=O)O)C(=O)O. The van der Waals surface area contributed by atoms with Gasteiger partial charge in [0.1, 0.15) is 30.5 Å². The molecule has 1 fully saturated rings. The topological polar surface area (TPSA) is 275 Å². The van der Waals surface area contributed by atoms with Gasteiger partial charge in [0.25, 0.3) is 5.91 Å². The van der Waals surface area contributed by atoms with E-state index < -0.39 is 97.9 Å². The first-order valence-electron chi connectivity index (χ1n) is 14.0. The molecule has 2 aromatic rings. The third-order valence-electron chi connectivity index (χ3n) is 7.32. The number of carboxylic acids is 2. The number of aliphatic hydroxyl groups excluding tert-OH is 4. The molecule has 246 valence electrons. The van der Waals surface area contributed by atoms with Crippen LogP contribution in [0.2, 0.25) is 0 Å². The van der Waals surface area contributed by atoms with Crippen molar-refractivity contribution in [2.24, 2.45) is 11.7 Å². The second-order valence-corrected chi connectivity index (χ2v) is 10.7. The zero-order valence-electron chi connectivity index (χ0n) is 24.2. The molecule has 0 spiro atoms. The molecule has 2 amide bonds. The van der Waals surface area contributed by atoms with Crippen molar-refractivity contribution < 1.29 is 64.1 Å². The molecule has 10 N–H and O–H groups in total. The highest BCUT2D eigenvalue weighted by Gasteiger charge is 2.44. The number of ether oxygens (including phenoxy) is 2. The van der Waals surface area contributed by atoms with E-state index >= 15 is 0 Å². The van der Waals surface area contributed by atoms with Crippen molar-refractivity contribution in [3.63, 3.8) is 0 Å². The first-order chi connectivity index (χ1) is 21.2. The Morgan fingerprint density at radius 1 is 1.00 bits per heavy atom. The molecule has 0 saturated carbocycles. The van der Waals surface area contributed by atoms with E-state index in [9.17, 15) is 49.5 Å². The lowest BCUT2D eigenvalue weighted by Gasteiger charge is -2.39. The highest BCUT2D eigenvalue weighted by Crippen LogP contribution is 2.28. The lowest BCUT2D eigenvalue weighted by molar-refractivity contribution is -0.301. The summed E-state index contributed by atoms with van der Waals surface area (Å²) in [6.07, 6.45) is -8.92. The van der Waals surface area contributed by atoms with Gasteiger partial charge in [-0.1, -0.05) is 37.3 Å². The minimum atomic E-state index is -1.69. The molecule has 3 unspecified atom stereocenters. The van der Waals surface area contributed by atoms with Gasteiger partial charge in [0.05, 0.1) is 30.5 Å². The Balaban J connectivity index is 1.69. The maximum Gasteiger partial charge on any atom is 0.326 e. The molecule has 1 aliphatic heterocycles. The summed E-state index contributed by atoms with van der Waals surface area (Å²) in [5.41, 5.74) is 5.87. The second kappa shape index (κ2) is 15.8. The van der Waals surface area contributed by atoms with Crippen molar-refractivity contribution >= 4 is 46.0 Å². The fourth-order valence-corrected chi connectivity index (χ4v) is 4.67. The number of ketones is 1. The van der Waals surface area contributed by atoms with Crippen LogP contribution in [0, 0.1) is 5.92 Å². The van der Waals surface area contributed by atoms with Gasteiger partial charge in [0, 0.05) is 18.8 Å². The molecule has 2 aromatic carbocycles. The summed E-state index contributed by atoms with van der Waals surface area (Å²) in [6.45, 7) is 0.275. The Morgan fingerprint density at radius 3 is 2.33 bits per heavy atom. The Morgan fingerprint density at radius 2 is 1.69 bits per heavy atom. The summed E-state index contributed by atoms with van der Waals surface area (Å²) in [6, 6.07) is 6.92. The number of carbonyl (C=O) groups is 5. The molecule has 8 atom stereocenters. The maximum absolute atomic E-state index is 13.3. The molecule has 45 heavy (non-hydrogen) atoms. The van der Waals surface area contributed by atoms with Crippen molar-refractivity contribution in [3.05, 3.63) is 42.0 Å². The molecule has 1 aliphatic rings. The summed E-state index contributed by atoms with van der Waals surface area (Å²) in [4.78, 5) is 61.8. The molecular formula is C29H37N3O13. The van der Waals surface area contributed by atoms with Crippen molar-refractivity contribution in [1.82, 2.24) is 5.32 Å². The van der Waals surface area contributed by atoms with Crippen LogP contribution in [0.1, 0.15) is 36.5 Å². The van der Waals surface area contributed by atoms with Crippen LogP contribution in [0.25, 0.3) is 10.8 Å². The van der Waals surface area contributed by atoms with Crippen molar-refractivity contribution in [2.75, 3.05) is 18.5 Å². The van der Waals surface area contributed by atoms with Gasteiger partial charge in [-0.3, -0.25) is 19.2 Å². The average molecular weight is 636 g/mol. The number of aliphatic carboxylic acids is 2. The van der Waals surface area contributed by atoms with Gasteiger partial charge in [0.15, 0.2) is 12.1 Å². The summed E-state index contributed by atoms with van der Waals surface area (Å²) in [5, 5.41) is 63.5. The highest BCUT2D eigenvalue weighted by atomic mass is 16.7. The normalized spacial score (nSPS) is 23.5. The minimum absolute atomic E-state index is 0.0214. The standard InChI is InChI=1S/C29H37N3O13/c1-13(10-19(34)16(30)12-44-29-25(39)24(38)23(37)20(11-33)45-29)26(40)31-17-7-6-14-4-2-3-5-15(14)22(17)27(41)32-18(28(42)43)8-9-21(35)36/h2-7,13,16,18,20,23-25,29,33,37-39H,8-12,30H2,1H3,(H,31,40)(H,32,41)(H,35,36)(H,42,43)/t13-,16-,18?,20?,23-,24-,25?,29-/m0/s1. The van der Waals surface area contributed by atoms with Crippen molar-refractivity contribution in [1.29, 1.82) is 0 Å². The monoisotopic (exact) mass is 635 g/mol. The number of hydrogen-bond donors (Lipinski definition) is 9. The zero-order chi connectivity index (χ0) is 33.4. The van der Waals surface area contributed by atoms with Gasteiger partial charge in [-0.25, -0.2) is 4.79 Å². The molecule has 0 aliphatic carbocycles. The van der Waals surface area contributed by atoms with Crippen molar-refractivity contribution in [3.8, 4) is 0 Å². The fourth-order valence-electron chi connectivity index (χ4n) is 4.67. The number of carboxylic acid groups (broad SMARTS) is 2. The lowest BCUT2D eigenvalue weighted by Crippen LogP contribution is -2.59.